The highest BCUT2D eigenvalue weighted by Crippen LogP contribution is 2.35. The van der Waals surface area contributed by atoms with Crippen molar-refractivity contribution in [3.05, 3.63) is 83.9 Å². The SMILES string of the molecule is CC(NCC1CN(C(=O)C(C)(C)C)CC1c1ccccc1)c1cccc2ccccc12. The summed E-state index contributed by atoms with van der Waals surface area (Å²) in [4.78, 5) is 15.1. The number of rotatable bonds is 5. The van der Waals surface area contributed by atoms with Gasteiger partial charge in [-0.15, -0.1) is 0 Å². The fraction of sp³-hybridized carbons (Fsp3) is 0.393. The Morgan fingerprint density at radius 1 is 0.968 bits per heavy atom. The minimum absolute atomic E-state index is 0.245. The highest BCUT2D eigenvalue weighted by molar-refractivity contribution is 5.86. The van der Waals surface area contributed by atoms with Gasteiger partial charge in [0.15, 0.2) is 0 Å². The number of nitrogens with one attached hydrogen (secondary N) is 1. The number of benzene rings is 3. The predicted octanol–water partition coefficient (Wildman–Crippen LogP) is 5.78. The molecule has 3 heteroatoms. The molecule has 3 atom stereocenters. The van der Waals surface area contributed by atoms with Crippen molar-refractivity contribution in [3.63, 3.8) is 0 Å². The van der Waals surface area contributed by atoms with Crippen molar-refractivity contribution >= 4 is 16.7 Å². The van der Waals surface area contributed by atoms with Crippen LogP contribution in [0.5, 0.6) is 0 Å². The fourth-order valence-electron chi connectivity index (χ4n) is 4.86. The highest BCUT2D eigenvalue weighted by Gasteiger charge is 2.39. The lowest BCUT2D eigenvalue weighted by atomic mass is 9.88. The lowest BCUT2D eigenvalue weighted by Gasteiger charge is -2.26. The maximum atomic E-state index is 13.0. The van der Waals surface area contributed by atoms with Crippen molar-refractivity contribution in [3.8, 4) is 0 Å². The Balaban J connectivity index is 1.52. The molecule has 0 aromatic heterocycles. The molecule has 0 saturated carbocycles. The van der Waals surface area contributed by atoms with E-state index in [9.17, 15) is 4.79 Å². The Bertz CT molecular complexity index is 1030. The van der Waals surface area contributed by atoms with Crippen molar-refractivity contribution in [1.82, 2.24) is 10.2 Å². The van der Waals surface area contributed by atoms with Crippen LogP contribution >= 0.6 is 0 Å². The number of likely N-dealkylation sites (tertiary alicyclic amines) is 1. The van der Waals surface area contributed by atoms with Crippen LogP contribution in [0.15, 0.2) is 72.8 Å². The Labute approximate surface area is 186 Å². The van der Waals surface area contributed by atoms with E-state index in [-0.39, 0.29) is 17.4 Å². The summed E-state index contributed by atoms with van der Waals surface area (Å²) in [6, 6.07) is 26.0. The Morgan fingerprint density at radius 2 is 1.65 bits per heavy atom. The molecule has 0 aliphatic carbocycles. The van der Waals surface area contributed by atoms with Crippen LogP contribution in [0.3, 0.4) is 0 Å². The lowest BCUT2D eigenvalue weighted by Crippen LogP contribution is -2.38. The smallest absolute Gasteiger partial charge is 0.227 e. The molecule has 0 bridgehead atoms. The van der Waals surface area contributed by atoms with Gasteiger partial charge in [0.1, 0.15) is 0 Å². The van der Waals surface area contributed by atoms with Gasteiger partial charge in [-0.1, -0.05) is 93.6 Å². The molecule has 0 spiro atoms. The average Bonchev–Trinajstić information content (AvgIpc) is 3.20. The molecule has 3 unspecified atom stereocenters. The first-order chi connectivity index (χ1) is 14.8. The summed E-state index contributed by atoms with van der Waals surface area (Å²) < 4.78 is 0. The van der Waals surface area contributed by atoms with E-state index in [4.69, 9.17) is 0 Å². The minimum Gasteiger partial charge on any atom is -0.341 e. The number of fused-ring (bicyclic) bond motifs is 1. The van der Waals surface area contributed by atoms with E-state index < -0.39 is 0 Å². The number of hydrogen-bond donors (Lipinski definition) is 1. The second-order valence-electron chi connectivity index (χ2n) is 9.94. The van der Waals surface area contributed by atoms with Gasteiger partial charge in [0.05, 0.1) is 0 Å². The van der Waals surface area contributed by atoms with Crippen molar-refractivity contribution in [2.45, 2.75) is 39.7 Å². The minimum atomic E-state index is -0.347. The summed E-state index contributed by atoms with van der Waals surface area (Å²) in [5, 5.41) is 6.38. The van der Waals surface area contributed by atoms with Crippen molar-refractivity contribution < 1.29 is 4.79 Å². The average molecular weight is 415 g/mol. The van der Waals surface area contributed by atoms with Crippen LogP contribution in [0.1, 0.15) is 50.8 Å². The summed E-state index contributed by atoms with van der Waals surface area (Å²) in [5.74, 6) is 1.00. The van der Waals surface area contributed by atoms with Gasteiger partial charge in [-0.3, -0.25) is 4.79 Å². The lowest BCUT2D eigenvalue weighted by molar-refractivity contribution is -0.138. The molecule has 1 saturated heterocycles. The molecular weight excluding hydrogens is 380 g/mol. The van der Waals surface area contributed by atoms with Crippen LogP contribution in [-0.4, -0.2) is 30.4 Å². The first-order valence-electron chi connectivity index (χ1n) is 11.4. The van der Waals surface area contributed by atoms with Crippen LogP contribution in [0, 0.1) is 11.3 Å². The quantitative estimate of drug-likeness (QED) is 0.574. The molecule has 1 fully saturated rings. The third-order valence-electron chi connectivity index (χ3n) is 6.57. The summed E-state index contributed by atoms with van der Waals surface area (Å²) in [6.07, 6.45) is 0. The molecule has 1 heterocycles. The Morgan fingerprint density at radius 3 is 2.39 bits per heavy atom. The van der Waals surface area contributed by atoms with Crippen molar-refractivity contribution in [2.24, 2.45) is 11.3 Å². The summed E-state index contributed by atoms with van der Waals surface area (Å²) in [6.45, 7) is 10.8. The zero-order chi connectivity index (χ0) is 22.0. The normalized spacial score (nSPS) is 20.2. The summed E-state index contributed by atoms with van der Waals surface area (Å²) in [5.41, 5.74) is 2.31. The first kappa shape index (κ1) is 21.6. The summed E-state index contributed by atoms with van der Waals surface area (Å²) >= 11 is 0. The zero-order valence-corrected chi connectivity index (χ0v) is 19.1. The van der Waals surface area contributed by atoms with Gasteiger partial charge < -0.3 is 10.2 Å². The van der Waals surface area contributed by atoms with Gasteiger partial charge in [-0.25, -0.2) is 0 Å². The molecule has 162 valence electrons. The molecule has 3 aromatic carbocycles. The first-order valence-corrected chi connectivity index (χ1v) is 11.4. The third-order valence-corrected chi connectivity index (χ3v) is 6.57. The molecule has 0 radical (unpaired) electrons. The molecule has 1 N–H and O–H groups in total. The Hall–Kier alpha value is -2.65. The fourth-order valence-corrected chi connectivity index (χ4v) is 4.86. The van der Waals surface area contributed by atoms with E-state index in [0.29, 0.717) is 11.8 Å². The third kappa shape index (κ3) is 4.67. The van der Waals surface area contributed by atoms with E-state index in [1.54, 1.807) is 0 Å². The molecule has 1 aliphatic rings. The van der Waals surface area contributed by atoms with Crippen LogP contribution in [-0.2, 0) is 4.79 Å². The maximum Gasteiger partial charge on any atom is 0.227 e. The molecule has 1 amide bonds. The number of nitrogens with zero attached hydrogens (tertiary/aromatic N) is 1. The van der Waals surface area contributed by atoms with Gasteiger partial charge in [0, 0.05) is 37.0 Å². The molecule has 4 rings (SSSR count). The van der Waals surface area contributed by atoms with Crippen LogP contribution in [0.4, 0.5) is 0 Å². The second-order valence-corrected chi connectivity index (χ2v) is 9.94. The monoisotopic (exact) mass is 414 g/mol. The van der Waals surface area contributed by atoms with E-state index in [0.717, 1.165) is 19.6 Å². The van der Waals surface area contributed by atoms with Crippen LogP contribution in [0.25, 0.3) is 10.8 Å². The largest absolute Gasteiger partial charge is 0.341 e. The van der Waals surface area contributed by atoms with E-state index in [1.165, 1.54) is 21.9 Å². The topological polar surface area (TPSA) is 32.3 Å². The van der Waals surface area contributed by atoms with Gasteiger partial charge in [0.2, 0.25) is 5.91 Å². The van der Waals surface area contributed by atoms with Crippen molar-refractivity contribution in [1.29, 1.82) is 0 Å². The Kier molecular flexibility index (Phi) is 6.15. The number of amides is 1. The second kappa shape index (κ2) is 8.84. The van der Waals surface area contributed by atoms with Crippen molar-refractivity contribution in [2.75, 3.05) is 19.6 Å². The number of carbonyl (C=O) groups is 1. The van der Waals surface area contributed by atoms with Gasteiger partial charge in [0.25, 0.3) is 0 Å². The predicted molar refractivity (Wildman–Crippen MR) is 129 cm³/mol. The molecule has 3 aromatic rings. The van der Waals surface area contributed by atoms with Crippen LogP contribution < -0.4 is 5.32 Å². The van der Waals surface area contributed by atoms with Gasteiger partial charge in [-0.2, -0.15) is 0 Å². The molecular formula is C28H34N2O. The highest BCUT2D eigenvalue weighted by atomic mass is 16.2. The molecule has 3 nitrogen and oxygen atoms in total. The number of carbonyl (C=O) groups excluding carboxylic acids is 1. The maximum absolute atomic E-state index is 13.0. The zero-order valence-electron chi connectivity index (χ0n) is 19.1. The molecule has 1 aliphatic heterocycles. The van der Waals surface area contributed by atoms with E-state index in [1.807, 2.05) is 20.8 Å². The van der Waals surface area contributed by atoms with E-state index >= 15 is 0 Å². The summed E-state index contributed by atoms with van der Waals surface area (Å²) in [7, 11) is 0. The van der Waals surface area contributed by atoms with Gasteiger partial charge >= 0.3 is 0 Å². The number of hydrogen-bond acceptors (Lipinski definition) is 2. The van der Waals surface area contributed by atoms with Crippen LogP contribution in [0.2, 0.25) is 0 Å². The molecule has 31 heavy (non-hydrogen) atoms. The van der Waals surface area contributed by atoms with E-state index in [2.05, 4.69) is 89.9 Å². The standard InChI is InChI=1S/C28H34N2O/c1-20(24-16-10-14-21-13-8-9-15-25(21)24)29-17-23-18-30(27(31)28(2,3)4)19-26(23)22-11-6-5-7-12-22/h5-16,20,23,26,29H,17-19H2,1-4H3. The van der Waals surface area contributed by atoms with Gasteiger partial charge in [-0.05, 0) is 34.7 Å².